The van der Waals surface area contributed by atoms with Gasteiger partial charge in [0.2, 0.25) is 0 Å². The first-order valence-electron chi connectivity index (χ1n) is 12.4. The first kappa shape index (κ1) is 27.8. The van der Waals surface area contributed by atoms with Gasteiger partial charge in [0, 0.05) is 18.6 Å². The van der Waals surface area contributed by atoms with E-state index < -0.39 is 15.9 Å². The summed E-state index contributed by atoms with van der Waals surface area (Å²) in [4.78, 5) is 12.7. The van der Waals surface area contributed by atoms with Gasteiger partial charge < -0.3 is 4.74 Å². The number of hydrogen-bond acceptors (Lipinski definition) is 4. The van der Waals surface area contributed by atoms with Gasteiger partial charge in [-0.05, 0) is 72.3 Å². The van der Waals surface area contributed by atoms with Gasteiger partial charge >= 0.3 is 0 Å². The molecule has 2 atom stereocenters. The molecule has 0 aliphatic heterocycles. The Kier molecular flexibility index (Phi) is 9.52. The molecule has 186 valence electrons. The van der Waals surface area contributed by atoms with Crippen LogP contribution >= 0.6 is 0 Å². The number of sulfone groups is 1. The standard InChI is InChI=1S/C28H44O4S/c1-17(2)23-14-24(18(3)4)28(25(15-23)19(5)6)21(8)32-27(16-26(29)22-10-11-22)20(7)12-13-33(9,30)31/h12,14-15,17-19,21-22,27H,10-11,13,16H2,1-9H3/b20-12-/t21-,27-/m0/s1. The van der Waals surface area contributed by atoms with Crippen molar-refractivity contribution in [2.24, 2.45) is 5.92 Å². The van der Waals surface area contributed by atoms with Crippen LogP contribution in [0, 0.1) is 5.92 Å². The second kappa shape index (κ2) is 11.3. The molecule has 0 spiro atoms. The number of rotatable bonds is 12. The van der Waals surface area contributed by atoms with Crippen molar-refractivity contribution in [2.45, 2.75) is 105 Å². The van der Waals surface area contributed by atoms with E-state index in [1.807, 2.05) is 6.92 Å². The summed E-state index contributed by atoms with van der Waals surface area (Å²) in [7, 11) is -3.13. The average molecular weight is 477 g/mol. The van der Waals surface area contributed by atoms with Crippen molar-refractivity contribution in [1.82, 2.24) is 0 Å². The molecular formula is C28H44O4S. The molecule has 1 aromatic rings. The highest BCUT2D eigenvalue weighted by Crippen LogP contribution is 2.39. The van der Waals surface area contributed by atoms with Gasteiger partial charge in [-0.2, -0.15) is 0 Å². The minimum atomic E-state index is -3.13. The average Bonchev–Trinajstić information content (AvgIpc) is 3.54. The van der Waals surface area contributed by atoms with Crippen molar-refractivity contribution in [3.05, 3.63) is 46.0 Å². The summed E-state index contributed by atoms with van der Waals surface area (Å²) in [5, 5.41) is 0. The van der Waals surface area contributed by atoms with Gasteiger partial charge in [0.25, 0.3) is 0 Å². The molecule has 1 fully saturated rings. The lowest BCUT2D eigenvalue weighted by Crippen LogP contribution is -2.24. The minimum Gasteiger partial charge on any atom is -0.366 e. The fourth-order valence-electron chi connectivity index (χ4n) is 4.28. The predicted octanol–water partition coefficient (Wildman–Crippen LogP) is 6.86. The van der Waals surface area contributed by atoms with Crippen molar-refractivity contribution in [2.75, 3.05) is 12.0 Å². The number of ketones is 1. The van der Waals surface area contributed by atoms with Crippen LogP contribution in [0.15, 0.2) is 23.8 Å². The quantitative estimate of drug-likeness (QED) is 0.309. The highest BCUT2D eigenvalue weighted by molar-refractivity contribution is 7.90. The largest absolute Gasteiger partial charge is 0.366 e. The Morgan fingerprint density at radius 2 is 1.52 bits per heavy atom. The van der Waals surface area contributed by atoms with Gasteiger partial charge in [-0.15, -0.1) is 0 Å². The van der Waals surface area contributed by atoms with Crippen LogP contribution in [0.4, 0.5) is 0 Å². The molecule has 0 radical (unpaired) electrons. The first-order chi connectivity index (χ1) is 15.2. The number of benzene rings is 1. The van der Waals surface area contributed by atoms with Crippen LogP contribution in [0.3, 0.4) is 0 Å². The van der Waals surface area contributed by atoms with E-state index in [9.17, 15) is 13.2 Å². The second-order valence-corrected chi connectivity index (χ2v) is 13.0. The summed E-state index contributed by atoms with van der Waals surface area (Å²) >= 11 is 0. The van der Waals surface area contributed by atoms with Gasteiger partial charge in [0.15, 0.2) is 9.84 Å². The Hall–Kier alpha value is -1.46. The summed E-state index contributed by atoms with van der Waals surface area (Å²) in [5.41, 5.74) is 5.95. The molecule has 0 saturated heterocycles. The summed E-state index contributed by atoms with van der Waals surface area (Å²) in [6.07, 6.45) is 4.53. The highest BCUT2D eigenvalue weighted by atomic mass is 32.2. The fraction of sp³-hybridized carbons (Fsp3) is 0.679. The van der Waals surface area contributed by atoms with Crippen LogP contribution in [0.1, 0.15) is 121 Å². The van der Waals surface area contributed by atoms with E-state index in [0.29, 0.717) is 24.2 Å². The normalized spacial score (nSPS) is 17.2. The zero-order valence-electron chi connectivity index (χ0n) is 22.1. The molecular weight excluding hydrogens is 432 g/mol. The minimum absolute atomic E-state index is 0.0394. The molecule has 0 heterocycles. The van der Waals surface area contributed by atoms with Crippen molar-refractivity contribution in [3.63, 3.8) is 0 Å². The number of carbonyl (C=O) groups excluding carboxylic acids is 1. The Labute approximate surface area is 202 Å². The molecule has 0 unspecified atom stereocenters. The van der Waals surface area contributed by atoms with Crippen LogP contribution < -0.4 is 0 Å². The Morgan fingerprint density at radius 3 is 1.91 bits per heavy atom. The third kappa shape index (κ3) is 8.06. The second-order valence-electron chi connectivity index (χ2n) is 10.8. The third-order valence-electron chi connectivity index (χ3n) is 6.59. The summed E-state index contributed by atoms with van der Waals surface area (Å²) in [6.45, 7) is 17.3. The number of Topliss-reactive ketones (excluding diaryl/α,β-unsaturated/α-hetero) is 1. The van der Waals surface area contributed by atoms with Crippen LogP contribution in [0.25, 0.3) is 0 Å². The van der Waals surface area contributed by atoms with Gasteiger partial charge in [0.05, 0.1) is 18.0 Å². The van der Waals surface area contributed by atoms with E-state index in [1.54, 1.807) is 6.08 Å². The van der Waals surface area contributed by atoms with Gasteiger partial charge in [-0.25, -0.2) is 8.42 Å². The maximum absolute atomic E-state index is 12.7. The SMILES string of the molecule is C/C(=C/CS(C)(=O)=O)[C@H](CC(=O)C1CC1)O[C@@H](C)c1c(C(C)C)cc(C(C)C)cc1C(C)C. The molecule has 1 saturated carbocycles. The summed E-state index contributed by atoms with van der Waals surface area (Å²) in [5.74, 6) is 1.46. The molecule has 1 aliphatic carbocycles. The number of carbonyl (C=O) groups is 1. The number of hydrogen-bond donors (Lipinski definition) is 0. The Bertz CT molecular complexity index is 937. The van der Waals surface area contributed by atoms with Crippen molar-refractivity contribution < 1.29 is 17.9 Å². The monoisotopic (exact) mass is 476 g/mol. The van der Waals surface area contributed by atoms with Crippen molar-refractivity contribution in [3.8, 4) is 0 Å². The summed E-state index contributed by atoms with van der Waals surface area (Å²) < 4.78 is 30.0. The molecule has 5 heteroatoms. The molecule has 0 aromatic heterocycles. The third-order valence-corrected chi connectivity index (χ3v) is 7.36. The zero-order chi connectivity index (χ0) is 25.1. The van der Waals surface area contributed by atoms with E-state index in [4.69, 9.17) is 4.74 Å². The topological polar surface area (TPSA) is 60.4 Å². The van der Waals surface area contributed by atoms with E-state index in [0.717, 1.165) is 18.4 Å². The number of ether oxygens (including phenoxy) is 1. The molecule has 0 N–H and O–H groups in total. The van der Waals surface area contributed by atoms with E-state index in [2.05, 4.69) is 60.6 Å². The van der Waals surface area contributed by atoms with Crippen molar-refractivity contribution >= 4 is 15.6 Å². The molecule has 1 aromatic carbocycles. The van der Waals surface area contributed by atoms with Gasteiger partial charge in [-0.1, -0.05) is 59.8 Å². The van der Waals surface area contributed by atoms with Crippen molar-refractivity contribution in [1.29, 1.82) is 0 Å². The summed E-state index contributed by atoms with van der Waals surface area (Å²) in [6, 6.07) is 4.63. The zero-order valence-corrected chi connectivity index (χ0v) is 22.9. The molecule has 2 rings (SSSR count). The maximum atomic E-state index is 12.7. The van der Waals surface area contributed by atoms with E-state index >= 15 is 0 Å². The first-order valence-corrected chi connectivity index (χ1v) is 14.5. The van der Waals surface area contributed by atoms with Gasteiger partial charge in [-0.3, -0.25) is 4.79 Å². The predicted molar refractivity (Wildman–Crippen MR) is 138 cm³/mol. The molecule has 4 nitrogen and oxygen atoms in total. The molecule has 0 bridgehead atoms. The van der Waals surface area contributed by atoms with E-state index in [-0.39, 0.29) is 23.6 Å². The Morgan fingerprint density at radius 1 is 1.00 bits per heavy atom. The van der Waals surface area contributed by atoms with Crippen LogP contribution in [-0.4, -0.2) is 32.3 Å². The Balaban J connectivity index is 2.46. The lowest BCUT2D eigenvalue weighted by Gasteiger charge is -2.30. The van der Waals surface area contributed by atoms with Crippen LogP contribution in [0.5, 0.6) is 0 Å². The maximum Gasteiger partial charge on any atom is 0.151 e. The van der Waals surface area contributed by atoms with E-state index in [1.165, 1.54) is 28.5 Å². The molecule has 1 aliphatic rings. The van der Waals surface area contributed by atoms with Crippen LogP contribution in [0.2, 0.25) is 0 Å². The van der Waals surface area contributed by atoms with Crippen LogP contribution in [-0.2, 0) is 19.4 Å². The lowest BCUT2D eigenvalue weighted by molar-refractivity contribution is -0.123. The fourth-order valence-corrected chi connectivity index (χ4v) is 4.85. The van der Waals surface area contributed by atoms with Gasteiger partial charge in [0.1, 0.15) is 5.78 Å². The highest BCUT2D eigenvalue weighted by Gasteiger charge is 2.33. The lowest BCUT2D eigenvalue weighted by atomic mass is 9.82. The smallest absolute Gasteiger partial charge is 0.151 e. The molecule has 33 heavy (non-hydrogen) atoms. The molecule has 0 amide bonds.